The smallest absolute Gasteiger partial charge is 0.313 e. The van der Waals surface area contributed by atoms with Crippen LogP contribution in [-0.2, 0) is 14.3 Å². The van der Waals surface area contributed by atoms with Gasteiger partial charge in [-0.25, -0.2) is 0 Å². The monoisotopic (exact) mass is 439 g/mol. The van der Waals surface area contributed by atoms with Crippen molar-refractivity contribution in [2.24, 2.45) is 0 Å². The molecule has 8 heteroatoms. The lowest BCUT2D eigenvalue weighted by molar-refractivity contribution is -0.136. The minimum absolute atomic E-state index is 0.105. The average Bonchev–Trinajstić information content (AvgIpc) is 2.84. The first-order chi connectivity index (χ1) is 15.7. The highest BCUT2D eigenvalue weighted by molar-refractivity contribution is 6.39. The number of carbonyl (C=O) groups excluding carboxylic acids is 2. The maximum absolute atomic E-state index is 12.1. The molecule has 2 N–H and O–H groups in total. The van der Waals surface area contributed by atoms with Crippen LogP contribution in [-0.4, -0.2) is 62.7 Å². The van der Waals surface area contributed by atoms with Crippen LogP contribution in [0.15, 0.2) is 48.5 Å². The summed E-state index contributed by atoms with van der Waals surface area (Å²) < 4.78 is 16.8. The van der Waals surface area contributed by atoms with Crippen LogP contribution in [0.3, 0.4) is 0 Å². The van der Waals surface area contributed by atoms with Gasteiger partial charge in [0.2, 0.25) is 0 Å². The maximum Gasteiger partial charge on any atom is 0.313 e. The molecule has 2 aliphatic rings. The van der Waals surface area contributed by atoms with Crippen molar-refractivity contribution in [2.75, 3.05) is 51.3 Å². The predicted molar refractivity (Wildman–Crippen MR) is 120 cm³/mol. The Morgan fingerprint density at radius 2 is 1.75 bits per heavy atom. The standard InChI is InChI=1S/C24H29N3O5/c28-23(24(29)26-19-8-9-20-21(16-19)32-15-14-31-20)25-10-4-5-11-27-12-13-30-22(17-27)18-6-2-1-3-7-18/h1-3,6-9,16,22H,4-5,10-15,17H2,(H,25,28)(H,26,29)/t22-/m0/s1. The second-order valence-electron chi connectivity index (χ2n) is 7.85. The quantitative estimate of drug-likeness (QED) is 0.509. The molecular formula is C24H29N3O5. The summed E-state index contributed by atoms with van der Waals surface area (Å²) in [6, 6.07) is 15.3. The van der Waals surface area contributed by atoms with Gasteiger partial charge in [-0.3, -0.25) is 14.5 Å². The van der Waals surface area contributed by atoms with E-state index in [0.29, 0.717) is 36.9 Å². The van der Waals surface area contributed by atoms with Crippen LogP contribution >= 0.6 is 0 Å². The molecule has 0 saturated carbocycles. The normalized spacial score (nSPS) is 18.1. The number of fused-ring (bicyclic) bond motifs is 1. The lowest BCUT2D eigenvalue weighted by Gasteiger charge is -2.33. The lowest BCUT2D eigenvalue weighted by Crippen LogP contribution is -2.39. The molecule has 0 spiro atoms. The molecule has 0 aliphatic carbocycles. The van der Waals surface area contributed by atoms with E-state index in [2.05, 4.69) is 27.7 Å². The summed E-state index contributed by atoms with van der Waals surface area (Å²) in [5.74, 6) is -0.142. The molecule has 2 amide bonds. The van der Waals surface area contributed by atoms with Crippen LogP contribution < -0.4 is 20.1 Å². The number of rotatable bonds is 7. The number of hydrogen-bond donors (Lipinski definition) is 2. The van der Waals surface area contributed by atoms with Crippen molar-refractivity contribution in [3.8, 4) is 11.5 Å². The number of amides is 2. The second-order valence-corrected chi connectivity index (χ2v) is 7.85. The molecule has 32 heavy (non-hydrogen) atoms. The fraction of sp³-hybridized carbons (Fsp3) is 0.417. The number of morpholine rings is 1. The van der Waals surface area contributed by atoms with Gasteiger partial charge in [0, 0.05) is 31.4 Å². The zero-order valence-corrected chi connectivity index (χ0v) is 18.0. The summed E-state index contributed by atoms with van der Waals surface area (Å²) in [5, 5.41) is 5.28. The molecule has 2 heterocycles. The molecule has 0 unspecified atom stereocenters. The first-order valence-electron chi connectivity index (χ1n) is 11.1. The van der Waals surface area contributed by atoms with E-state index in [-0.39, 0.29) is 6.10 Å². The predicted octanol–water partition coefficient (Wildman–Crippen LogP) is 2.37. The number of nitrogens with zero attached hydrogens (tertiary/aromatic N) is 1. The Bertz CT molecular complexity index is 921. The van der Waals surface area contributed by atoms with Crippen molar-refractivity contribution in [3.05, 3.63) is 54.1 Å². The summed E-state index contributed by atoms with van der Waals surface area (Å²) in [6.45, 7) is 4.85. The minimum atomic E-state index is -0.694. The first kappa shape index (κ1) is 22.1. The van der Waals surface area contributed by atoms with Crippen molar-refractivity contribution in [2.45, 2.75) is 18.9 Å². The van der Waals surface area contributed by atoms with E-state index >= 15 is 0 Å². The van der Waals surface area contributed by atoms with Gasteiger partial charge in [0.25, 0.3) is 0 Å². The third-order valence-electron chi connectivity index (χ3n) is 5.51. The number of benzene rings is 2. The summed E-state index contributed by atoms with van der Waals surface area (Å²) in [5.41, 5.74) is 1.70. The zero-order valence-electron chi connectivity index (χ0n) is 18.0. The molecule has 170 valence electrons. The van der Waals surface area contributed by atoms with Crippen molar-refractivity contribution in [3.63, 3.8) is 0 Å². The molecule has 2 aliphatic heterocycles. The Morgan fingerprint density at radius 1 is 0.938 bits per heavy atom. The van der Waals surface area contributed by atoms with E-state index in [9.17, 15) is 9.59 Å². The molecule has 1 atom stereocenters. The number of nitrogens with one attached hydrogen (secondary N) is 2. The maximum atomic E-state index is 12.1. The molecular weight excluding hydrogens is 410 g/mol. The molecule has 1 fully saturated rings. The van der Waals surface area contributed by atoms with Gasteiger partial charge in [0.1, 0.15) is 13.2 Å². The van der Waals surface area contributed by atoms with E-state index in [1.807, 2.05) is 18.2 Å². The highest BCUT2D eigenvalue weighted by Crippen LogP contribution is 2.32. The Balaban J connectivity index is 1.13. The van der Waals surface area contributed by atoms with Crippen LogP contribution in [0.25, 0.3) is 0 Å². The second kappa shape index (κ2) is 11.0. The SMILES string of the molecule is O=C(NCCCCN1CCO[C@H](c2ccccc2)C1)C(=O)Nc1ccc2c(c1)OCCO2. The number of unbranched alkanes of at least 4 members (excludes halogenated alkanes) is 1. The summed E-state index contributed by atoms with van der Waals surface area (Å²) >= 11 is 0. The van der Waals surface area contributed by atoms with Gasteiger partial charge in [0.05, 0.1) is 12.7 Å². The lowest BCUT2D eigenvalue weighted by atomic mass is 10.1. The van der Waals surface area contributed by atoms with Gasteiger partial charge in [-0.15, -0.1) is 0 Å². The van der Waals surface area contributed by atoms with Crippen molar-refractivity contribution >= 4 is 17.5 Å². The molecule has 1 saturated heterocycles. The van der Waals surface area contributed by atoms with E-state index in [1.54, 1.807) is 18.2 Å². The van der Waals surface area contributed by atoms with Crippen LogP contribution in [0.4, 0.5) is 5.69 Å². The third kappa shape index (κ3) is 5.99. The molecule has 8 nitrogen and oxygen atoms in total. The van der Waals surface area contributed by atoms with E-state index in [0.717, 1.165) is 39.1 Å². The Hall–Kier alpha value is -3.10. The van der Waals surface area contributed by atoms with Crippen molar-refractivity contribution in [1.29, 1.82) is 0 Å². The molecule has 2 aromatic rings. The highest BCUT2D eigenvalue weighted by Gasteiger charge is 2.21. The molecule has 0 radical (unpaired) electrons. The van der Waals surface area contributed by atoms with Crippen LogP contribution in [0.5, 0.6) is 11.5 Å². The summed E-state index contributed by atoms with van der Waals surface area (Å²) in [6.07, 6.45) is 1.84. The van der Waals surface area contributed by atoms with Gasteiger partial charge < -0.3 is 24.8 Å². The zero-order chi connectivity index (χ0) is 22.2. The average molecular weight is 440 g/mol. The van der Waals surface area contributed by atoms with Crippen molar-refractivity contribution < 1.29 is 23.8 Å². The number of carbonyl (C=O) groups is 2. The van der Waals surface area contributed by atoms with Gasteiger partial charge in [-0.1, -0.05) is 30.3 Å². The fourth-order valence-electron chi connectivity index (χ4n) is 3.83. The largest absolute Gasteiger partial charge is 0.486 e. The Labute approximate surface area is 187 Å². The van der Waals surface area contributed by atoms with E-state index in [4.69, 9.17) is 14.2 Å². The van der Waals surface area contributed by atoms with Crippen LogP contribution in [0, 0.1) is 0 Å². The number of ether oxygens (including phenoxy) is 3. The number of hydrogen-bond acceptors (Lipinski definition) is 6. The number of anilines is 1. The van der Waals surface area contributed by atoms with Crippen molar-refractivity contribution in [1.82, 2.24) is 10.2 Å². The summed E-state index contributed by atoms with van der Waals surface area (Å²) in [7, 11) is 0. The molecule has 4 rings (SSSR count). The fourth-order valence-corrected chi connectivity index (χ4v) is 3.83. The molecule has 0 aromatic heterocycles. The van der Waals surface area contributed by atoms with Gasteiger partial charge in [-0.05, 0) is 37.1 Å². The summed E-state index contributed by atoms with van der Waals surface area (Å²) in [4.78, 5) is 26.6. The van der Waals surface area contributed by atoms with E-state index in [1.165, 1.54) is 5.56 Å². The van der Waals surface area contributed by atoms with Gasteiger partial charge in [0.15, 0.2) is 11.5 Å². The first-order valence-corrected chi connectivity index (χ1v) is 11.1. The van der Waals surface area contributed by atoms with Gasteiger partial charge >= 0.3 is 11.8 Å². The molecule has 0 bridgehead atoms. The highest BCUT2D eigenvalue weighted by atomic mass is 16.6. The molecule has 2 aromatic carbocycles. The van der Waals surface area contributed by atoms with Gasteiger partial charge in [-0.2, -0.15) is 0 Å². The topological polar surface area (TPSA) is 89.1 Å². The minimum Gasteiger partial charge on any atom is -0.486 e. The Morgan fingerprint density at radius 3 is 2.59 bits per heavy atom. The van der Waals surface area contributed by atoms with Crippen LogP contribution in [0.1, 0.15) is 24.5 Å². The van der Waals surface area contributed by atoms with Crippen LogP contribution in [0.2, 0.25) is 0 Å². The van der Waals surface area contributed by atoms with E-state index < -0.39 is 11.8 Å². The Kier molecular flexibility index (Phi) is 7.58. The third-order valence-corrected chi connectivity index (χ3v) is 5.51.